The summed E-state index contributed by atoms with van der Waals surface area (Å²) in [7, 11) is 0. The van der Waals surface area contributed by atoms with Crippen LogP contribution in [0.15, 0.2) is 24.3 Å². The van der Waals surface area contributed by atoms with E-state index in [0.29, 0.717) is 42.9 Å². The normalized spacial score (nSPS) is 31.6. The summed E-state index contributed by atoms with van der Waals surface area (Å²) >= 11 is 5.98. The fourth-order valence-corrected chi connectivity index (χ4v) is 6.17. The molecular formula is C25H33ClN2O6. The van der Waals surface area contributed by atoms with Crippen molar-refractivity contribution in [3.05, 3.63) is 29.3 Å². The molecule has 5 atom stereocenters. The smallest absolute Gasteiger partial charge is 0.312 e. The minimum absolute atomic E-state index is 0.133. The Morgan fingerprint density at radius 2 is 1.91 bits per heavy atom. The molecule has 8 nitrogen and oxygen atoms in total. The second-order valence-electron chi connectivity index (χ2n) is 9.65. The van der Waals surface area contributed by atoms with E-state index in [4.69, 9.17) is 26.2 Å². The van der Waals surface area contributed by atoms with Gasteiger partial charge in [0.05, 0.1) is 18.1 Å². The number of likely N-dealkylation sites (tertiary alicyclic amines) is 1. The predicted octanol–water partition coefficient (Wildman–Crippen LogP) is 3.16. The molecule has 3 aliphatic heterocycles. The summed E-state index contributed by atoms with van der Waals surface area (Å²) in [4.78, 5) is 42.0. The summed E-state index contributed by atoms with van der Waals surface area (Å²) in [5, 5.41) is 12.5. The predicted molar refractivity (Wildman–Crippen MR) is 126 cm³/mol. The molecule has 3 heterocycles. The third kappa shape index (κ3) is 4.20. The maximum atomic E-state index is 13.8. The number of benzene rings is 1. The van der Waals surface area contributed by atoms with E-state index in [1.54, 1.807) is 36.1 Å². The van der Waals surface area contributed by atoms with Crippen molar-refractivity contribution in [2.24, 2.45) is 11.8 Å². The molecule has 1 aromatic rings. The molecule has 34 heavy (non-hydrogen) atoms. The highest BCUT2D eigenvalue weighted by atomic mass is 35.5. The SMILES string of the molecule is CCOC(=O)[C@@H]1[C@H]2C(=O)N(CCCCCCO)C(C(=O)Nc3ccc(Cl)cc3)C23CC[C@@]1(C)O3. The average Bonchev–Trinajstić information content (AvgIpc) is 3.36. The number of unbranched alkanes of at least 4 members (excludes halogenated alkanes) is 3. The molecule has 9 heteroatoms. The minimum Gasteiger partial charge on any atom is -0.466 e. The number of hydrogen-bond donors (Lipinski definition) is 2. The Bertz CT molecular complexity index is 940. The van der Waals surface area contributed by atoms with Gasteiger partial charge in [-0.05, 0) is 63.8 Å². The number of carbonyl (C=O) groups excluding carboxylic acids is 3. The number of fused-ring (bicyclic) bond motifs is 1. The van der Waals surface area contributed by atoms with Gasteiger partial charge in [-0.3, -0.25) is 14.4 Å². The molecule has 4 rings (SSSR count). The van der Waals surface area contributed by atoms with Gasteiger partial charge in [-0.15, -0.1) is 0 Å². The summed E-state index contributed by atoms with van der Waals surface area (Å²) in [5.41, 5.74) is -1.32. The Hall–Kier alpha value is -2.16. The van der Waals surface area contributed by atoms with Crippen LogP contribution < -0.4 is 5.32 Å². The fourth-order valence-electron chi connectivity index (χ4n) is 6.05. The minimum atomic E-state index is -1.06. The van der Waals surface area contributed by atoms with Gasteiger partial charge < -0.3 is 24.8 Å². The molecule has 0 aliphatic carbocycles. The van der Waals surface area contributed by atoms with Crippen LogP contribution in [0.3, 0.4) is 0 Å². The van der Waals surface area contributed by atoms with Crippen LogP contribution in [0.25, 0.3) is 0 Å². The molecule has 0 radical (unpaired) electrons. The third-order valence-electron chi connectivity index (χ3n) is 7.48. The maximum Gasteiger partial charge on any atom is 0.312 e. The molecule has 186 valence electrons. The second kappa shape index (κ2) is 9.84. The van der Waals surface area contributed by atoms with Gasteiger partial charge in [-0.1, -0.05) is 24.4 Å². The highest BCUT2D eigenvalue weighted by Gasteiger charge is 2.78. The number of aliphatic hydroxyl groups is 1. The van der Waals surface area contributed by atoms with Crippen molar-refractivity contribution < 1.29 is 29.0 Å². The quantitative estimate of drug-likeness (QED) is 0.384. The monoisotopic (exact) mass is 492 g/mol. The van der Waals surface area contributed by atoms with Gasteiger partial charge in [0, 0.05) is 23.9 Å². The number of nitrogens with zero attached hydrogens (tertiary/aromatic N) is 1. The van der Waals surface area contributed by atoms with Crippen molar-refractivity contribution in [3.8, 4) is 0 Å². The molecule has 2 bridgehead atoms. The summed E-state index contributed by atoms with van der Waals surface area (Å²) in [6.07, 6.45) is 4.17. The van der Waals surface area contributed by atoms with E-state index in [0.717, 1.165) is 12.8 Å². The van der Waals surface area contributed by atoms with Crippen molar-refractivity contribution in [2.75, 3.05) is 25.1 Å². The Morgan fingerprint density at radius 3 is 2.59 bits per heavy atom. The largest absolute Gasteiger partial charge is 0.466 e. The van der Waals surface area contributed by atoms with Gasteiger partial charge in [-0.25, -0.2) is 0 Å². The molecule has 3 aliphatic rings. The van der Waals surface area contributed by atoms with Crippen LogP contribution in [0, 0.1) is 11.8 Å². The van der Waals surface area contributed by atoms with E-state index < -0.39 is 35.0 Å². The van der Waals surface area contributed by atoms with Gasteiger partial charge in [-0.2, -0.15) is 0 Å². The number of halogens is 1. The van der Waals surface area contributed by atoms with Crippen molar-refractivity contribution >= 4 is 35.1 Å². The number of anilines is 1. The van der Waals surface area contributed by atoms with Crippen LogP contribution in [-0.4, -0.2) is 64.8 Å². The molecule has 0 aromatic heterocycles. The lowest BCUT2D eigenvalue weighted by Gasteiger charge is -2.33. The fraction of sp³-hybridized carbons (Fsp3) is 0.640. The Morgan fingerprint density at radius 1 is 1.21 bits per heavy atom. The molecule has 2 amide bonds. The molecule has 1 aromatic carbocycles. The molecular weight excluding hydrogens is 460 g/mol. The van der Waals surface area contributed by atoms with Crippen LogP contribution in [-0.2, 0) is 23.9 Å². The lowest BCUT2D eigenvalue weighted by atomic mass is 9.66. The number of esters is 1. The number of amides is 2. The van der Waals surface area contributed by atoms with Gasteiger partial charge in [0.1, 0.15) is 17.6 Å². The zero-order valence-corrected chi connectivity index (χ0v) is 20.5. The van der Waals surface area contributed by atoms with Gasteiger partial charge >= 0.3 is 5.97 Å². The highest BCUT2D eigenvalue weighted by Crippen LogP contribution is 2.63. The van der Waals surface area contributed by atoms with E-state index in [1.807, 2.05) is 6.92 Å². The van der Waals surface area contributed by atoms with Crippen LogP contribution in [0.1, 0.15) is 52.4 Å². The number of rotatable bonds is 10. The Balaban J connectivity index is 1.64. The number of hydrogen-bond acceptors (Lipinski definition) is 6. The van der Waals surface area contributed by atoms with E-state index >= 15 is 0 Å². The average molecular weight is 493 g/mol. The van der Waals surface area contributed by atoms with E-state index in [-0.39, 0.29) is 25.0 Å². The summed E-state index contributed by atoms with van der Waals surface area (Å²) in [6.45, 7) is 4.32. The highest BCUT2D eigenvalue weighted by molar-refractivity contribution is 6.30. The molecule has 1 spiro atoms. The third-order valence-corrected chi connectivity index (χ3v) is 7.74. The topological polar surface area (TPSA) is 105 Å². The first-order valence-corrected chi connectivity index (χ1v) is 12.5. The molecule has 2 unspecified atom stereocenters. The van der Waals surface area contributed by atoms with Gasteiger partial charge in [0.25, 0.3) is 0 Å². The zero-order valence-electron chi connectivity index (χ0n) is 19.7. The molecule has 3 fully saturated rings. The number of aliphatic hydroxyl groups excluding tert-OH is 1. The van der Waals surface area contributed by atoms with E-state index in [1.165, 1.54) is 0 Å². The number of nitrogens with one attached hydrogen (secondary N) is 1. The Labute approximate surface area is 204 Å². The van der Waals surface area contributed by atoms with E-state index in [9.17, 15) is 14.4 Å². The first-order chi connectivity index (χ1) is 16.3. The summed E-state index contributed by atoms with van der Waals surface area (Å²) in [5.74, 6) is -2.48. The van der Waals surface area contributed by atoms with Crippen molar-refractivity contribution in [3.63, 3.8) is 0 Å². The molecule has 3 saturated heterocycles. The molecule has 2 N–H and O–H groups in total. The standard InChI is InChI=1S/C25H33ClN2O6/c1-3-33-23(32)19-18-22(31)28(14-6-4-5-7-15-29)20(25(18)13-12-24(19,2)34-25)21(30)27-17-10-8-16(26)9-11-17/h8-11,18-20,29H,3-7,12-15H2,1-2H3,(H,27,30)/t18-,19-,20?,24+,25?/m0/s1. The first-order valence-electron chi connectivity index (χ1n) is 12.1. The second-order valence-corrected chi connectivity index (χ2v) is 10.1. The Kier molecular flexibility index (Phi) is 7.22. The van der Waals surface area contributed by atoms with Crippen LogP contribution in [0.4, 0.5) is 5.69 Å². The maximum absolute atomic E-state index is 13.8. The first kappa shape index (κ1) is 24.9. The molecule has 0 saturated carbocycles. The van der Waals surface area contributed by atoms with E-state index in [2.05, 4.69) is 5.32 Å². The summed E-state index contributed by atoms with van der Waals surface area (Å²) < 4.78 is 11.8. The zero-order chi connectivity index (χ0) is 24.5. The number of carbonyl (C=O) groups is 3. The van der Waals surface area contributed by atoms with Gasteiger partial charge in [0.15, 0.2) is 0 Å². The van der Waals surface area contributed by atoms with Crippen molar-refractivity contribution in [1.82, 2.24) is 4.90 Å². The summed E-state index contributed by atoms with van der Waals surface area (Å²) in [6, 6.07) is 5.95. The number of ether oxygens (including phenoxy) is 2. The van der Waals surface area contributed by atoms with Crippen LogP contribution in [0.2, 0.25) is 5.02 Å². The van der Waals surface area contributed by atoms with Gasteiger partial charge in [0.2, 0.25) is 11.8 Å². The van der Waals surface area contributed by atoms with Crippen LogP contribution >= 0.6 is 11.6 Å². The van der Waals surface area contributed by atoms with Crippen molar-refractivity contribution in [2.45, 2.75) is 69.6 Å². The lowest BCUT2D eigenvalue weighted by Crippen LogP contribution is -2.53. The lowest BCUT2D eigenvalue weighted by molar-refractivity contribution is -0.158. The van der Waals surface area contributed by atoms with Crippen LogP contribution in [0.5, 0.6) is 0 Å². The van der Waals surface area contributed by atoms with Crippen molar-refractivity contribution in [1.29, 1.82) is 0 Å².